The second-order valence-electron chi connectivity index (χ2n) is 2.87. The van der Waals surface area contributed by atoms with Crippen molar-refractivity contribution in [3.63, 3.8) is 0 Å². The fourth-order valence-electron chi connectivity index (χ4n) is 1.15. The maximum absolute atomic E-state index is 11.3. The standard InChI is InChI=1S/C11H11IO3/c1-15-11(14)9(7-12)10(13)8-5-3-2-4-6-8/h2-7,10,13H,1H3/b9-7+. The third-order valence-electron chi connectivity index (χ3n) is 1.95. The highest BCUT2D eigenvalue weighted by Gasteiger charge is 2.20. The van der Waals surface area contributed by atoms with Gasteiger partial charge in [0.05, 0.1) is 12.7 Å². The lowest BCUT2D eigenvalue weighted by atomic mass is 10.0. The molecule has 1 aromatic rings. The van der Waals surface area contributed by atoms with E-state index in [4.69, 9.17) is 0 Å². The summed E-state index contributed by atoms with van der Waals surface area (Å²) in [6.45, 7) is 0. The Bertz CT molecular complexity index is 359. The van der Waals surface area contributed by atoms with E-state index in [-0.39, 0.29) is 5.57 Å². The van der Waals surface area contributed by atoms with Crippen LogP contribution in [0.25, 0.3) is 0 Å². The van der Waals surface area contributed by atoms with Gasteiger partial charge < -0.3 is 9.84 Å². The molecule has 0 aromatic heterocycles. The van der Waals surface area contributed by atoms with Crippen LogP contribution in [0.15, 0.2) is 40.0 Å². The Morgan fingerprint density at radius 1 is 1.47 bits per heavy atom. The predicted molar refractivity (Wildman–Crippen MR) is 65.5 cm³/mol. The van der Waals surface area contributed by atoms with Gasteiger partial charge in [0, 0.05) is 0 Å². The summed E-state index contributed by atoms with van der Waals surface area (Å²) in [5.41, 5.74) is 0.912. The number of rotatable bonds is 3. The average Bonchev–Trinajstić information content (AvgIpc) is 2.30. The van der Waals surface area contributed by atoms with Crippen LogP contribution < -0.4 is 0 Å². The van der Waals surface area contributed by atoms with Crippen molar-refractivity contribution in [1.29, 1.82) is 0 Å². The van der Waals surface area contributed by atoms with Crippen molar-refractivity contribution < 1.29 is 14.6 Å². The molecule has 0 saturated heterocycles. The minimum atomic E-state index is -0.935. The van der Waals surface area contributed by atoms with Gasteiger partial charge in [-0.2, -0.15) is 0 Å². The minimum absolute atomic E-state index is 0.240. The second kappa shape index (κ2) is 5.87. The zero-order chi connectivity index (χ0) is 11.3. The number of hydrogen-bond acceptors (Lipinski definition) is 3. The SMILES string of the molecule is COC(=O)/C(=C/I)C(O)c1ccccc1. The summed E-state index contributed by atoms with van der Waals surface area (Å²) in [5, 5.41) is 9.91. The second-order valence-corrected chi connectivity index (χ2v) is 3.49. The Morgan fingerprint density at radius 3 is 2.53 bits per heavy atom. The van der Waals surface area contributed by atoms with E-state index in [0.29, 0.717) is 5.56 Å². The summed E-state index contributed by atoms with van der Waals surface area (Å²) in [6, 6.07) is 8.98. The van der Waals surface area contributed by atoms with Gasteiger partial charge in [0.15, 0.2) is 0 Å². The Hall–Kier alpha value is -0.880. The minimum Gasteiger partial charge on any atom is -0.466 e. The molecule has 0 spiro atoms. The molecule has 0 aliphatic heterocycles. The van der Waals surface area contributed by atoms with E-state index >= 15 is 0 Å². The van der Waals surface area contributed by atoms with E-state index in [0.717, 1.165) is 0 Å². The van der Waals surface area contributed by atoms with Crippen LogP contribution in [0.1, 0.15) is 11.7 Å². The van der Waals surface area contributed by atoms with E-state index in [1.54, 1.807) is 24.3 Å². The van der Waals surface area contributed by atoms with Gasteiger partial charge in [-0.3, -0.25) is 0 Å². The van der Waals surface area contributed by atoms with Gasteiger partial charge in [0.1, 0.15) is 6.10 Å². The van der Waals surface area contributed by atoms with Gasteiger partial charge in [-0.1, -0.05) is 52.9 Å². The number of esters is 1. The lowest BCUT2D eigenvalue weighted by molar-refractivity contribution is -0.137. The molecule has 1 N–H and O–H groups in total. The molecule has 0 heterocycles. The monoisotopic (exact) mass is 318 g/mol. The molecule has 1 unspecified atom stereocenters. The van der Waals surface area contributed by atoms with Crippen molar-refractivity contribution in [1.82, 2.24) is 0 Å². The summed E-state index contributed by atoms with van der Waals surface area (Å²) in [7, 11) is 1.29. The Labute approximate surface area is 102 Å². The first-order chi connectivity index (χ1) is 7.20. The Morgan fingerprint density at radius 2 is 2.07 bits per heavy atom. The van der Waals surface area contributed by atoms with Crippen LogP contribution in [-0.4, -0.2) is 18.2 Å². The van der Waals surface area contributed by atoms with Crippen molar-refractivity contribution >= 4 is 28.6 Å². The van der Waals surface area contributed by atoms with E-state index in [9.17, 15) is 9.90 Å². The highest BCUT2D eigenvalue weighted by Crippen LogP contribution is 2.23. The first-order valence-electron chi connectivity index (χ1n) is 4.32. The van der Waals surface area contributed by atoms with Gasteiger partial charge in [0.2, 0.25) is 0 Å². The molecule has 0 radical (unpaired) electrons. The topological polar surface area (TPSA) is 46.5 Å². The van der Waals surface area contributed by atoms with Gasteiger partial charge in [-0.15, -0.1) is 0 Å². The third-order valence-corrected chi connectivity index (χ3v) is 2.62. The van der Waals surface area contributed by atoms with Crippen LogP contribution in [0.5, 0.6) is 0 Å². The summed E-state index contributed by atoms with van der Waals surface area (Å²) < 4.78 is 6.10. The summed E-state index contributed by atoms with van der Waals surface area (Å²) in [6.07, 6.45) is -0.935. The molecule has 0 amide bonds. The molecule has 0 bridgehead atoms. The Kier molecular flexibility index (Phi) is 4.77. The number of carbonyl (C=O) groups excluding carboxylic acids is 1. The van der Waals surface area contributed by atoms with E-state index in [1.165, 1.54) is 11.2 Å². The van der Waals surface area contributed by atoms with Crippen molar-refractivity contribution in [3.8, 4) is 0 Å². The highest BCUT2D eigenvalue weighted by atomic mass is 127. The number of aliphatic hydroxyl groups is 1. The molecule has 4 heteroatoms. The fourth-order valence-corrected chi connectivity index (χ4v) is 1.74. The molecule has 1 aromatic carbocycles. The number of hydrogen-bond donors (Lipinski definition) is 1. The predicted octanol–water partition coefficient (Wildman–Crippen LogP) is 2.21. The quantitative estimate of drug-likeness (QED) is 0.528. The van der Waals surface area contributed by atoms with Crippen LogP contribution in [0.2, 0.25) is 0 Å². The number of carbonyl (C=O) groups is 1. The summed E-state index contributed by atoms with van der Waals surface area (Å²) in [4.78, 5) is 11.3. The molecule has 80 valence electrons. The molecule has 0 saturated carbocycles. The third kappa shape index (κ3) is 3.04. The maximum Gasteiger partial charge on any atom is 0.337 e. The molecule has 3 nitrogen and oxygen atoms in total. The van der Waals surface area contributed by atoms with E-state index in [1.807, 2.05) is 28.7 Å². The average molecular weight is 318 g/mol. The zero-order valence-corrected chi connectivity index (χ0v) is 10.3. The number of benzene rings is 1. The van der Waals surface area contributed by atoms with Crippen LogP contribution in [-0.2, 0) is 9.53 Å². The first kappa shape index (κ1) is 12.2. The van der Waals surface area contributed by atoms with Crippen LogP contribution in [0.4, 0.5) is 0 Å². The van der Waals surface area contributed by atoms with E-state index < -0.39 is 12.1 Å². The summed E-state index contributed by atoms with van der Waals surface area (Å²) >= 11 is 1.91. The highest BCUT2D eigenvalue weighted by molar-refractivity contribution is 14.1. The van der Waals surface area contributed by atoms with Crippen LogP contribution >= 0.6 is 22.6 Å². The first-order valence-corrected chi connectivity index (χ1v) is 5.57. The molecule has 0 aliphatic carbocycles. The summed E-state index contributed by atoms with van der Waals surface area (Å²) in [5.74, 6) is -0.513. The van der Waals surface area contributed by atoms with Gasteiger partial charge in [-0.25, -0.2) is 4.79 Å². The van der Waals surface area contributed by atoms with Crippen LogP contribution in [0.3, 0.4) is 0 Å². The Balaban J connectivity index is 2.93. The van der Waals surface area contributed by atoms with Crippen LogP contribution in [0, 0.1) is 0 Å². The lowest BCUT2D eigenvalue weighted by Crippen LogP contribution is -2.12. The molecule has 1 rings (SSSR count). The van der Waals surface area contributed by atoms with Crippen molar-refractivity contribution in [2.75, 3.05) is 7.11 Å². The fraction of sp³-hybridized carbons (Fsp3) is 0.182. The molecular formula is C11H11IO3. The lowest BCUT2D eigenvalue weighted by Gasteiger charge is -2.12. The number of methoxy groups -OCH3 is 1. The molecular weight excluding hydrogens is 307 g/mol. The molecule has 1 atom stereocenters. The molecule has 15 heavy (non-hydrogen) atoms. The van der Waals surface area contributed by atoms with Gasteiger partial charge in [0.25, 0.3) is 0 Å². The molecule has 0 fully saturated rings. The van der Waals surface area contributed by atoms with Crippen molar-refractivity contribution in [3.05, 3.63) is 45.6 Å². The van der Waals surface area contributed by atoms with E-state index in [2.05, 4.69) is 4.74 Å². The maximum atomic E-state index is 11.3. The van der Waals surface area contributed by atoms with Gasteiger partial charge in [-0.05, 0) is 9.65 Å². The normalized spacial score (nSPS) is 13.4. The number of halogens is 1. The zero-order valence-electron chi connectivity index (χ0n) is 8.18. The van der Waals surface area contributed by atoms with Gasteiger partial charge >= 0.3 is 5.97 Å². The smallest absolute Gasteiger partial charge is 0.337 e. The number of aliphatic hydroxyl groups excluding tert-OH is 1. The van der Waals surface area contributed by atoms with Crippen molar-refractivity contribution in [2.45, 2.75) is 6.10 Å². The number of ether oxygens (including phenoxy) is 1. The molecule has 0 aliphatic rings. The largest absolute Gasteiger partial charge is 0.466 e. The van der Waals surface area contributed by atoms with Crippen molar-refractivity contribution in [2.24, 2.45) is 0 Å².